The van der Waals surface area contributed by atoms with Crippen molar-refractivity contribution in [3.8, 4) is 28.3 Å². The summed E-state index contributed by atoms with van der Waals surface area (Å²) in [5, 5.41) is 17.3. The highest BCUT2D eigenvalue weighted by Gasteiger charge is 2.36. The molecule has 0 aliphatic rings. The Balaban J connectivity index is 1.35. The first-order valence-electron chi connectivity index (χ1n) is 14.0. The smallest absolute Gasteiger partial charge is 0.434 e. The Morgan fingerprint density at radius 1 is 0.977 bits per heavy atom. The van der Waals surface area contributed by atoms with E-state index in [0.717, 1.165) is 36.6 Å². The van der Waals surface area contributed by atoms with Crippen LogP contribution in [0.4, 0.5) is 13.2 Å². The van der Waals surface area contributed by atoms with Gasteiger partial charge in [-0.1, -0.05) is 45.0 Å². The first kappa shape index (κ1) is 29.8. The van der Waals surface area contributed by atoms with E-state index in [9.17, 15) is 23.1 Å². The number of alkyl halides is 3. The van der Waals surface area contributed by atoms with Crippen molar-refractivity contribution in [3.63, 3.8) is 0 Å². The lowest BCUT2D eigenvalue weighted by Gasteiger charge is -2.26. The number of imidazole rings is 1. The molecule has 3 heterocycles. The van der Waals surface area contributed by atoms with Crippen molar-refractivity contribution >= 4 is 11.6 Å². The SMILES string of the molecule is CCc1ccc(-c2cn3nc(-c4cccnc4C(F)(F)F)ccc3n2)cc1CC(C)(C)CCNC(=O)c1ccccc1O. The Hall–Kier alpha value is -4.73. The fourth-order valence-electron chi connectivity index (χ4n) is 5.18. The number of amides is 1. The molecular formula is C33H32F3N5O2. The van der Waals surface area contributed by atoms with Crippen molar-refractivity contribution in [3.05, 3.63) is 102 Å². The highest BCUT2D eigenvalue weighted by molar-refractivity contribution is 5.96. The van der Waals surface area contributed by atoms with Gasteiger partial charge in [0.2, 0.25) is 0 Å². The van der Waals surface area contributed by atoms with Crippen molar-refractivity contribution in [1.29, 1.82) is 0 Å². The molecule has 222 valence electrons. The molecule has 0 aliphatic carbocycles. The van der Waals surface area contributed by atoms with Crippen LogP contribution in [-0.4, -0.2) is 37.1 Å². The second kappa shape index (κ2) is 11.9. The molecule has 1 amide bonds. The third-order valence-corrected chi connectivity index (χ3v) is 7.46. The van der Waals surface area contributed by atoms with Gasteiger partial charge in [-0.15, -0.1) is 0 Å². The van der Waals surface area contributed by atoms with Gasteiger partial charge in [0.25, 0.3) is 5.91 Å². The summed E-state index contributed by atoms with van der Waals surface area (Å²) in [6.07, 6.45) is 0.550. The van der Waals surface area contributed by atoms with Crippen LogP contribution in [0.15, 0.2) is 79.1 Å². The van der Waals surface area contributed by atoms with Gasteiger partial charge >= 0.3 is 6.18 Å². The molecule has 2 N–H and O–H groups in total. The minimum atomic E-state index is -4.60. The number of halogens is 3. The molecule has 0 aliphatic heterocycles. The monoisotopic (exact) mass is 587 g/mol. The van der Waals surface area contributed by atoms with Crippen molar-refractivity contribution < 1.29 is 23.1 Å². The Morgan fingerprint density at radius 3 is 2.51 bits per heavy atom. The van der Waals surface area contributed by atoms with Gasteiger partial charge in [-0.3, -0.25) is 9.78 Å². The molecule has 0 atom stereocenters. The van der Waals surface area contributed by atoms with Crippen LogP contribution in [0, 0.1) is 5.41 Å². The summed E-state index contributed by atoms with van der Waals surface area (Å²) >= 11 is 0. The van der Waals surface area contributed by atoms with Crippen molar-refractivity contribution in [2.24, 2.45) is 5.41 Å². The Kier molecular flexibility index (Phi) is 8.21. The average Bonchev–Trinajstić information content (AvgIpc) is 3.40. The molecule has 0 saturated carbocycles. The topological polar surface area (TPSA) is 92.4 Å². The molecule has 7 nitrogen and oxygen atoms in total. The van der Waals surface area contributed by atoms with Gasteiger partial charge in [-0.05, 0) is 78.3 Å². The number of nitrogens with zero attached hydrogens (tertiary/aromatic N) is 4. The van der Waals surface area contributed by atoms with E-state index < -0.39 is 11.9 Å². The average molecular weight is 588 g/mol. The number of phenols is 1. The molecule has 0 radical (unpaired) electrons. The highest BCUT2D eigenvalue weighted by atomic mass is 19.4. The first-order chi connectivity index (χ1) is 20.4. The normalized spacial score (nSPS) is 12.0. The summed E-state index contributed by atoms with van der Waals surface area (Å²) in [6.45, 7) is 6.85. The second-order valence-corrected chi connectivity index (χ2v) is 11.2. The first-order valence-corrected chi connectivity index (χ1v) is 14.0. The predicted octanol–water partition coefficient (Wildman–Crippen LogP) is 7.13. The number of para-hydroxylation sites is 1. The minimum absolute atomic E-state index is 0.0508. The molecule has 0 fully saturated rings. The summed E-state index contributed by atoms with van der Waals surface area (Å²) in [5.74, 6) is -0.364. The highest BCUT2D eigenvalue weighted by Crippen LogP contribution is 2.35. The predicted molar refractivity (Wildman–Crippen MR) is 159 cm³/mol. The van der Waals surface area contributed by atoms with E-state index in [-0.39, 0.29) is 33.9 Å². The zero-order valence-electron chi connectivity index (χ0n) is 24.1. The Labute approximate surface area is 247 Å². The number of fused-ring (bicyclic) bond motifs is 1. The largest absolute Gasteiger partial charge is 0.507 e. The van der Waals surface area contributed by atoms with Crippen LogP contribution in [0.2, 0.25) is 0 Å². The summed E-state index contributed by atoms with van der Waals surface area (Å²) in [7, 11) is 0. The van der Waals surface area contributed by atoms with Crippen molar-refractivity contribution in [1.82, 2.24) is 24.9 Å². The van der Waals surface area contributed by atoms with Crippen LogP contribution in [0.5, 0.6) is 5.75 Å². The Morgan fingerprint density at radius 2 is 1.77 bits per heavy atom. The van der Waals surface area contributed by atoms with E-state index in [2.05, 4.69) is 53.3 Å². The number of aromatic hydroxyl groups is 1. The van der Waals surface area contributed by atoms with E-state index in [1.165, 1.54) is 34.3 Å². The molecule has 5 rings (SSSR count). The number of hydrogen-bond acceptors (Lipinski definition) is 5. The van der Waals surface area contributed by atoms with Crippen LogP contribution < -0.4 is 5.32 Å². The number of benzene rings is 2. The molecule has 2 aromatic carbocycles. The fourth-order valence-corrected chi connectivity index (χ4v) is 5.18. The van der Waals surface area contributed by atoms with E-state index in [1.807, 2.05) is 6.07 Å². The van der Waals surface area contributed by atoms with Gasteiger partial charge < -0.3 is 10.4 Å². The Bertz CT molecular complexity index is 1780. The summed E-state index contributed by atoms with van der Waals surface area (Å²) in [4.78, 5) is 20.7. The van der Waals surface area contributed by atoms with Gasteiger partial charge in [-0.25, -0.2) is 9.50 Å². The lowest BCUT2D eigenvalue weighted by atomic mass is 9.80. The fraction of sp³-hybridized carbons (Fsp3) is 0.273. The number of aromatic nitrogens is 4. The molecule has 43 heavy (non-hydrogen) atoms. The summed E-state index contributed by atoms with van der Waals surface area (Å²) < 4.78 is 42.1. The standard InChI is InChI=1S/C33H32F3N5O2/c1-4-21-11-12-22(18-23(21)19-32(2,3)15-17-38-31(43)25-8-5-6-10-28(25)42)27-20-41-29(39-27)14-13-26(40-41)24-9-7-16-37-30(24)33(34,35)36/h5-14,16,18,20,42H,4,15,17,19H2,1-3H3,(H,38,43). The van der Waals surface area contributed by atoms with Crippen molar-refractivity contribution in [2.75, 3.05) is 6.54 Å². The van der Waals surface area contributed by atoms with Crippen molar-refractivity contribution in [2.45, 2.75) is 46.2 Å². The number of phenolic OH excluding ortho intramolecular Hbond substituents is 1. The number of carbonyl (C=O) groups is 1. The molecule has 0 spiro atoms. The van der Waals surface area contributed by atoms with Crippen LogP contribution in [-0.2, 0) is 19.0 Å². The summed E-state index contributed by atoms with van der Waals surface area (Å²) in [6, 6.07) is 18.6. The zero-order valence-corrected chi connectivity index (χ0v) is 24.1. The van der Waals surface area contributed by atoms with Gasteiger partial charge in [0, 0.05) is 23.9 Å². The maximum atomic E-state index is 13.5. The third-order valence-electron chi connectivity index (χ3n) is 7.46. The van der Waals surface area contributed by atoms with E-state index in [0.29, 0.717) is 17.9 Å². The van der Waals surface area contributed by atoms with Gasteiger partial charge in [-0.2, -0.15) is 18.3 Å². The van der Waals surface area contributed by atoms with E-state index in [1.54, 1.807) is 30.5 Å². The van der Waals surface area contributed by atoms with Crippen LogP contribution in [0.25, 0.3) is 28.2 Å². The summed E-state index contributed by atoms with van der Waals surface area (Å²) in [5.41, 5.74) is 3.57. The lowest BCUT2D eigenvalue weighted by molar-refractivity contribution is -0.140. The second-order valence-electron chi connectivity index (χ2n) is 11.2. The van der Waals surface area contributed by atoms with Gasteiger partial charge in [0.1, 0.15) is 5.75 Å². The number of aryl methyl sites for hydroxylation is 1. The maximum absolute atomic E-state index is 13.5. The van der Waals surface area contributed by atoms with Gasteiger partial charge in [0.15, 0.2) is 11.3 Å². The number of nitrogens with one attached hydrogen (secondary N) is 1. The quantitative estimate of drug-likeness (QED) is 0.191. The number of rotatable bonds is 9. The minimum Gasteiger partial charge on any atom is -0.507 e. The van der Waals surface area contributed by atoms with E-state index >= 15 is 0 Å². The van der Waals surface area contributed by atoms with E-state index in [4.69, 9.17) is 0 Å². The number of hydrogen-bond donors (Lipinski definition) is 2. The number of pyridine rings is 1. The lowest BCUT2D eigenvalue weighted by Crippen LogP contribution is -2.29. The van der Waals surface area contributed by atoms with Gasteiger partial charge in [0.05, 0.1) is 23.1 Å². The molecule has 10 heteroatoms. The molecule has 0 bridgehead atoms. The molecule has 0 unspecified atom stereocenters. The van der Waals surface area contributed by atoms with Crippen LogP contribution >= 0.6 is 0 Å². The molecule has 5 aromatic rings. The molecule has 0 saturated heterocycles. The maximum Gasteiger partial charge on any atom is 0.434 e. The number of carbonyl (C=O) groups excluding carboxylic acids is 1. The van der Waals surface area contributed by atoms with Crippen LogP contribution in [0.1, 0.15) is 54.4 Å². The zero-order chi connectivity index (χ0) is 30.8. The van der Waals surface area contributed by atoms with Crippen LogP contribution in [0.3, 0.4) is 0 Å². The molecule has 3 aromatic heterocycles. The third kappa shape index (κ3) is 6.69. The molecular weight excluding hydrogens is 555 g/mol.